The first-order chi connectivity index (χ1) is 20.5. The Morgan fingerprint density at radius 2 is 1.82 bits per heavy atom. The number of carbonyl (C=O) groups is 1. The summed E-state index contributed by atoms with van der Waals surface area (Å²) in [5.41, 5.74) is 4.11. The van der Waals surface area contributed by atoms with E-state index in [1.54, 1.807) is 19.2 Å². The Morgan fingerprint density at radius 3 is 2.43 bits per heavy atom. The van der Waals surface area contributed by atoms with E-state index in [1.165, 1.54) is 0 Å². The topological polar surface area (TPSA) is 115 Å². The van der Waals surface area contributed by atoms with Crippen molar-refractivity contribution in [3.63, 3.8) is 0 Å². The van der Waals surface area contributed by atoms with E-state index in [-0.39, 0.29) is 12.1 Å². The summed E-state index contributed by atoms with van der Waals surface area (Å²) in [6.45, 7) is 19.4. The molecule has 0 spiro atoms. The summed E-state index contributed by atoms with van der Waals surface area (Å²) in [6.07, 6.45) is -0.246. The molecule has 3 heterocycles. The number of carbonyl (C=O) groups excluding carboxylic acids is 1. The lowest BCUT2D eigenvalue weighted by Crippen LogP contribution is -2.40. The third-order valence-corrected chi connectivity index (χ3v) is 10.6. The highest BCUT2D eigenvalue weighted by molar-refractivity contribution is 7.90. The van der Waals surface area contributed by atoms with E-state index in [1.807, 2.05) is 69.9 Å². The van der Waals surface area contributed by atoms with Crippen LogP contribution in [0.3, 0.4) is 0 Å². The molecule has 0 amide bonds. The van der Waals surface area contributed by atoms with Crippen molar-refractivity contribution in [1.82, 2.24) is 23.8 Å². The zero-order chi connectivity index (χ0) is 32.6. The quantitative estimate of drug-likeness (QED) is 0.0798. The van der Waals surface area contributed by atoms with Crippen LogP contribution in [-0.2, 0) is 34.6 Å². The summed E-state index contributed by atoms with van der Waals surface area (Å²) in [4.78, 5) is 22.8. The van der Waals surface area contributed by atoms with Crippen LogP contribution in [0.2, 0.25) is 25.7 Å². The van der Waals surface area contributed by atoms with E-state index < -0.39 is 30.2 Å². The molecule has 1 unspecified atom stereocenters. The van der Waals surface area contributed by atoms with E-state index in [4.69, 9.17) is 24.2 Å². The smallest absolute Gasteiger partial charge is 0.338 e. The average molecular weight is 642 g/mol. The zero-order valence-electron chi connectivity index (χ0n) is 27.9. The molecule has 0 saturated carbocycles. The van der Waals surface area contributed by atoms with Crippen molar-refractivity contribution in [2.45, 2.75) is 90.9 Å². The number of hydrogen-bond acceptors (Lipinski definition) is 8. The molecule has 3 aromatic heterocycles. The lowest BCUT2D eigenvalue weighted by atomic mass is 10.2. The van der Waals surface area contributed by atoms with Crippen LogP contribution in [0.5, 0.6) is 5.75 Å². The maximum atomic E-state index is 12.8. The lowest BCUT2D eigenvalue weighted by molar-refractivity contribution is 0.0377. The Kier molecular flexibility index (Phi) is 10.2. The van der Waals surface area contributed by atoms with Gasteiger partial charge in [-0.3, -0.25) is 4.57 Å². The van der Waals surface area contributed by atoms with Gasteiger partial charge in [0.1, 0.15) is 28.4 Å². The van der Waals surface area contributed by atoms with Gasteiger partial charge in [-0.25, -0.2) is 14.8 Å². The predicted octanol–water partition coefficient (Wildman–Crippen LogP) is 6.59. The summed E-state index contributed by atoms with van der Waals surface area (Å²) in [5.74, 6) is 0.783. The zero-order valence-corrected chi connectivity index (χ0v) is 29.7. The van der Waals surface area contributed by atoms with Gasteiger partial charge in [0, 0.05) is 38.5 Å². The molecule has 240 valence electrons. The molecule has 2 atom stereocenters. The first kappa shape index (κ1) is 34.0. The molecule has 4 aromatic rings. The van der Waals surface area contributed by atoms with E-state index in [0.29, 0.717) is 36.0 Å². The number of pyridine rings is 1. The summed E-state index contributed by atoms with van der Waals surface area (Å²) < 4.78 is 37.0. The standard InChI is InChI=1S/C32H47N5O5SSi/c1-20(2)42-31(38)23-16-25-28(27(18-23)40-8)36(7)30(34-25)26-17-22-12-13-24(21(3)35-43(39)32(4,5)6)33-29(22)37(26)19-41-14-15-44(9,10)11/h12-13,16-18,20-21,35H,14-15,19H2,1-11H3/t21-,43?/m1/s1. The number of fused-ring (bicyclic) bond motifs is 2. The van der Waals surface area contributed by atoms with Gasteiger partial charge in [-0.15, -0.1) is 4.72 Å². The van der Waals surface area contributed by atoms with Gasteiger partial charge in [0.15, 0.2) is 5.82 Å². The SMILES string of the molecule is COc1cc(C(=O)OC(C)C)cc2nc(-c3cc4ccc([C@@H](C)N[S+]([O-])C(C)(C)C)nc4n3COCC[Si](C)(C)C)n(C)c12. The van der Waals surface area contributed by atoms with Crippen molar-refractivity contribution in [3.8, 4) is 17.3 Å². The van der Waals surface area contributed by atoms with Crippen LogP contribution >= 0.6 is 0 Å². The monoisotopic (exact) mass is 641 g/mol. The molecule has 1 N–H and O–H groups in total. The van der Waals surface area contributed by atoms with Gasteiger partial charge in [0.2, 0.25) is 0 Å². The second kappa shape index (κ2) is 13.2. The molecule has 0 bridgehead atoms. The van der Waals surface area contributed by atoms with Crippen molar-refractivity contribution in [1.29, 1.82) is 0 Å². The average Bonchev–Trinajstić information content (AvgIpc) is 3.45. The first-order valence-corrected chi connectivity index (χ1v) is 19.9. The van der Waals surface area contributed by atoms with Gasteiger partial charge < -0.3 is 23.3 Å². The third kappa shape index (κ3) is 7.66. The number of hydrogen-bond donors (Lipinski definition) is 1. The second-order valence-corrected chi connectivity index (χ2v) is 21.3. The maximum absolute atomic E-state index is 12.8. The van der Waals surface area contributed by atoms with Gasteiger partial charge >= 0.3 is 5.97 Å². The van der Waals surface area contributed by atoms with E-state index in [9.17, 15) is 9.35 Å². The highest BCUT2D eigenvalue weighted by Crippen LogP contribution is 2.34. The van der Waals surface area contributed by atoms with Crippen molar-refractivity contribution in [2.24, 2.45) is 7.05 Å². The van der Waals surface area contributed by atoms with Crippen molar-refractivity contribution in [2.75, 3.05) is 13.7 Å². The Morgan fingerprint density at radius 1 is 1.11 bits per heavy atom. The number of aromatic nitrogens is 4. The minimum Gasteiger partial charge on any atom is -0.598 e. The Labute approximate surface area is 264 Å². The number of esters is 1. The number of rotatable bonds is 12. The molecule has 12 heteroatoms. The summed E-state index contributed by atoms with van der Waals surface area (Å²) in [5, 5.41) is 0.932. The molecule has 10 nitrogen and oxygen atoms in total. The minimum atomic E-state index is -1.29. The van der Waals surface area contributed by atoms with E-state index >= 15 is 0 Å². The van der Waals surface area contributed by atoms with Crippen LogP contribution in [0.25, 0.3) is 33.6 Å². The minimum absolute atomic E-state index is 0.233. The molecule has 4 rings (SSSR count). The van der Waals surface area contributed by atoms with Crippen molar-refractivity contribution < 1.29 is 23.6 Å². The van der Waals surface area contributed by atoms with Crippen LogP contribution < -0.4 is 9.46 Å². The summed E-state index contributed by atoms with van der Waals surface area (Å²) in [6, 6.07) is 10.3. The van der Waals surface area contributed by atoms with Gasteiger partial charge in [-0.05, 0) is 77.9 Å². The molecule has 0 aliphatic carbocycles. The molecule has 0 fully saturated rings. The number of methoxy groups -OCH3 is 1. The Balaban J connectivity index is 1.82. The molecular formula is C32H47N5O5SSi. The van der Waals surface area contributed by atoms with Crippen LogP contribution in [0.4, 0.5) is 0 Å². The molecule has 1 aromatic carbocycles. The maximum Gasteiger partial charge on any atom is 0.338 e. The van der Waals surface area contributed by atoms with Crippen molar-refractivity contribution in [3.05, 3.63) is 41.6 Å². The van der Waals surface area contributed by atoms with Crippen LogP contribution in [0.1, 0.15) is 63.6 Å². The lowest BCUT2D eigenvalue weighted by Gasteiger charge is -2.26. The number of benzene rings is 1. The Bertz CT molecular complexity index is 1640. The number of aryl methyl sites for hydroxylation is 1. The number of nitrogens with zero attached hydrogens (tertiary/aromatic N) is 4. The largest absolute Gasteiger partial charge is 0.598 e. The molecular weight excluding hydrogens is 595 g/mol. The highest BCUT2D eigenvalue weighted by Gasteiger charge is 2.29. The van der Waals surface area contributed by atoms with E-state index in [0.717, 1.165) is 34.0 Å². The van der Waals surface area contributed by atoms with Gasteiger partial charge in [-0.2, -0.15) is 0 Å². The highest BCUT2D eigenvalue weighted by atomic mass is 32.2. The van der Waals surface area contributed by atoms with Crippen LogP contribution in [0.15, 0.2) is 30.3 Å². The predicted molar refractivity (Wildman–Crippen MR) is 180 cm³/mol. The second-order valence-electron chi connectivity index (χ2n) is 13.7. The van der Waals surface area contributed by atoms with Crippen molar-refractivity contribution >= 4 is 47.5 Å². The molecule has 0 saturated heterocycles. The first-order valence-electron chi connectivity index (χ1n) is 15.0. The van der Waals surface area contributed by atoms with Crippen LogP contribution in [-0.4, -0.2) is 62.3 Å². The number of nitrogens with one attached hydrogen (secondary N) is 1. The third-order valence-electron chi connectivity index (χ3n) is 7.23. The van der Waals surface area contributed by atoms with Gasteiger partial charge in [-0.1, -0.05) is 19.6 Å². The summed E-state index contributed by atoms with van der Waals surface area (Å²) in [7, 11) is 2.22. The fourth-order valence-electron chi connectivity index (χ4n) is 4.73. The van der Waals surface area contributed by atoms with E-state index in [2.05, 4.69) is 30.4 Å². The molecule has 0 radical (unpaired) electrons. The molecule has 0 aliphatic rings. The Hall–Kier alpha value is -2.90. The normalized spacial score (nSPS) is 14.0. The fraction of sp³-hybridized carbons (Fsp3) is 0.531. The molecule has 44 heavy (non-hydrogen) atoms. The van der Waals surface area contributed by atoms with Gasteiger partial charge in [0.25, 0.3) is 0 Å². The fourth-order valence-corrected chi connectivity index (χ4v) is 6.28. The number of ether oxygens (including phenoxy) is 3. The number of imidazole rings is 1. The molecule has 0 aliphatic heterocycles. The van der Waals surface area contributed by atoms with Crippen LogP contribution in [0, 0.1) is 0 Å². The van der Waals surface area contributed by atoms with Gasteiger partial charge in [0.05, 0.1) is 41.7 Å². The summed E-state index contributed by atoms with van der Waals surface area (Å²) >= 11 is -1.25.